The number of rotatable bonds is 4. The molecule has 8 heteroatoms. The van der Waals surface area contributed by atoms with Crippen LogP contribution < -0.4 is 5.32 Å². The number of aromatic nitrogens is 2. The van der Waals surface area contributed by atoms with Gasteiger partial charge in [0.1, 0.15) is 5.52 Å². The highest BCUT2D eigenvalue weighted by atomic mass is 35.5. The smallest absolute Gasteiger partial charge is 0.257 e. The second kappa shape index (κ2) is 6.56. The molecule has 1 N–H and O–H groups in total. The summed E-state index contributed by atoms with van der Waals surface area (Å²) in [5, 5.41) is 3.74. The summed E-state index contributed by atoms with van der Waals surface area (Å²) in [5.41, 5.74) is 1.45. The molecule has 0 spiro atoms. The van der Waals surface area contributed by atoms with Crippen LogP contribution in [-0.4, -0.2) is 21.6 Å². The molecule has 112 valence electrons. The molecule has 3 aromatic rings. The number of carbonyl (C=O) groups is 1. The fourth-order valence-electron chi connectivity index (χ4n) is 1.71. The normalized spacial score (nSPS) is 10.8. The fourth-order valence-corrected chi connectivity index (χ4v) is 2.78. The Balaban J connectivity index is 1.62. The van der Waals surface area contributed by atoms with E-state index in [2.05, 4.69) is 15.3 Å². The summed E-state index contributed by atoms with van der Waals surface area (Å²) in [6.45, 7) is 0. The van der Waals surface area contributed by atoms with Gasteiger partial charge < -0.3 is 9.73 Å². The van der Waals surface area contributed by atoms with Crippen molar-refractivity contribution in [3.63, 3.8) is 0 Å². The van der Waals surface area contributed by atoms with Crippen LogP contribution in [0.15, 0.2) is 46.2 Å². The van der Waals surface area contributed by atoms with E-state index in [-0.39, 0.29) is 22.5 Å². The topological polar surface area (TPSA) is 68.0 Å². The van der Waals surface area contributed by atoms with Gasteiger partial charge in [0.05, 0.1) is 15.8 Å². The molecule has 3 rings (SSSR count). The van der Waals surface area contributed by atoms with Gasteiger partial charge in [0.25, 0.3) is 5.22 Å². The van der Waals surface area contributed by atoms with Crippen LogP contribution in [0.25, 0.3) is 11.1 Å². The monoisotopic (exact) mass is 353 g/mol. The number of nitrogens with zero attached hydrogens (tertiary/aromatic N) is 2. The molecule has 0 radical (unpaired) electrons. The summed E-state index contributed by atoms with van der Waals surface area (Å²) in [5.74, 6) is 0.145. The molecule has 0 bridgehead atoms. The van der Waals surface area contributed by atoms with Crippen molar-refractivity contribution in [3.05, 3.63) is 46.6 Å². The van der Waals surface area contributed by atoms with Crippen LogP contribution in [0.5, 0.6) is 0 Å². The van der Waals surface area contributed by atoms with E-state index in [1.54, 1.807) is 0 Å². The number of hydrogen-bond acceptors (Lipinski definition) is 5. The largest absolute Gasteiger partial charge is 0.431 e. The minimum Gasteiger partial charge on any atom is -0.431 e. The molecule has 0 atom stereocenters. The second-order valence-corrected chi connectivity index (χ2v) is 6.04. The standard InChI is InChI=1S/C14H9Cl2N3O2S/c15-8-5-9(16)13(17-6-8)19-12(20)7-22-14-18-10-3-1-2-4-11(10)21-14/h1-6H,7H2,(H,17,19,20). The number of oxazole rings is 1. The highest BCUT2D eigenvalue weighted by Gasteiger charge is 2.11. The third-order valence-corrected chi connectivity index (χ3v) is 3.99. The van der Waals surface area contributed by atoms with Gasteiger partial charge >= 0.3 is 0 Å². The molecule has 1 aromatic carbocycles. The molecule has 2 aromatic heterocycles. The number of para-hydroxylation sites is 2. The number of pyridine rings is 1. The number of fused-ring (bicyclic) bond motifs is 1. The minimum absolute atomic E-state index is 0.132. The van der Waals surface area contributed by atoms with Gasteiger partial charge in [-0.05, 0) is 18.2 Å². The second-order valence-electron chi connectivity index (χ2n) is 4.27. The van der Waals surface area contributed by atoms with Crippen molar-refractivity contribution >= 4 is 57.8 Å². The van der Waals surface area contributed by atoms with Crippen molar-refractivity contribution in [3.8, 4) is 0 Å². The number of hydrogen-bond donors (Lipinski definition) is 1. The predicted octanol–water partition coefficient (Wildman–Crippen LogP) is 4.26. The van der Waals surface area contributed by atoms with Gasteiger partial charge in [0.2, 0.25) is 5.91 Å². The first-order valence-corrected chi connectivity index (χ1v) is 7.95. The van der Waals surface area contributed by atoms with Crippen LogP contribution in [0.1, 0.15) is 0 Å². The van der Waals surface area contributed by atoms with E-state index in [0.717, 1.165) is 5.52 Å². The van der Waals surface area contributed by atoms with E-state index in [9.17, 15) is 4.79 Å². The first kappa shape index (κ1) is 15.1. The van der Waals surface area contributed by atoms with Crippen molar-refractivity contribution in [2.75, 3.05) is 11.1 Å². The van der Waals surface area contributed by atoms with Crippen LogP contribution in [0, 0.1) is 0 Å². The molecule has 0 saturated carbocycles. The van der Waals surface area contributed by atoms with Gasteiger partial charge in [0.15, 0.2) is 11.4 Å². The lowest BCUT2D eigenvalue weighted by atomic mass is 10.3. The van der Waals surface area contributed by atoms with E-state index in [1.807, 2.05) is 24.3 Å². The molecule has 2 heterocycles. The first-order valence-electron chi connectivity index (χ1n) is 6.21. The number of thioether (sulfide) groups is 1. The summed E-state index contributed by atoms with van der Waals surface area (Å²) >= 11 is 12.9. The molecule has 22 heavy (non-hydrogen) atoms. The van der Waals surface area contributed by atoms with Gasteiger partial charge in [0, 0.05) is 6.20 Å². The Labute approximate surface area is 140 Å². The number of carbonyl (C=O) groups excluding carboxylic acids is 1. The van der Waals surface area contributed by atoms with E-state index < -0.39 is 0 Å². The maximum Gasteiger partial charge on any atom is 0.257 e. The summed E-state index contributed by atoms with van der Waals surface area (Å²) in [6, 6.07) is 8.92. The maximum absolute atomic E-state index is 11.9. The molecule has 1 amide bonds. The zero-order valence-electron chi connectivity index (χ0n) is 11.0. The fraction of sp³-hybridized carbons (Fsp3) is 0.0714. The number of anilines is 1. The van der Waals surface area contributed by atoms with Gasteiger partial charge in [-0.3, -0.25) is 4.79 Å². The van der Waals surface area contributed by atoms with Crippen molar-refractivity contribution < 1.29 is 9.21 Å². The van der Waals surface area contributed by atoms with Crippen LogP contribution in [0.2, 0.25) is 10.0 Å². The average Bonchev–Trinajstić information content (AvgIpc) is 2.91. The minimum atomic E-state index is -0.260. The lowest BCUT2D eigenvalue weighted by molar-refractivity contribution is -0.113. The number of nitrogens with one attached hydrogen (secondary N) is 1. The van der Waals surface area contributed by atoms with Gasteiger partial charge in [-0.15, -0.1) is 0 Å². The summed E-state index contributed by atoms with van der Waals surface area (Å²) in [6.07, 6.45) is 1.41. The van der Waals surface area contributed by atoms with E-state index in [4.69, 9.17) is 27.6 Å². The Morgan fingerprint density at radius 2 is 2.14 bits per heavy atom. The van der Waals surface area contributed by atoms with Crippen molar-refractivity contribution in [1.82, 2.24) is 9.97 Å². The highest BCUT2D eigenvalue weighted by molar-refractivity contribution is 7.99. The number of amides is 1. The van der Waals surface area contributed by atoms with Crippen LogP contribution in [0.4, 0.5) is 5.82 Å². The summed E-state index contributed by atoms with van der Waals surface area (Å²) < 4.78 is 5.52. The molecule has 0 saturated heterocycles. The predicted molar refractivity (Wildman–Crippen MR) is 87.6 cm³/mol. The lowest BCUT2D eigenvalue weighted by Gasteiger charge is -2.05. The Bertz CT molecular complexity index is 805. The molecule has 0 aliphatic rings. The molecular formula is C14H9Cl2N3O2S. The molecule has 0 fully saturated rings. The third-order valence-electron chi connectivity index (χ3n) is 2.67. The van der Waals surface area contributed by atoms with E-state index in [1.165, 1.54) is 24.0 Å². The van der Waals surface area contributed by atoms with Gasteiger partial charge in [-0.2, -0.15) is 0 Å². The Morgan fingerprint density at radius 3 is 2.91 bits per heavy atom. The third kappa shape index (κ3) is 3.52. The molecule has 5 nitrogen and oxygen atoms in total. The summed E-state index contributed by atoms with van der Waals surface area (Å²) in [4.78, 5) is 20.1. The quantitative estimate of drug-likeness (QED) is 0.709. The SMILES string of the molecule is O=C(CSc1nc2ccccc2o1)Nc1ncc(Cl)cc1Cl. The highest BCUT2D eigenvalue weighted by Crippen LogP contribution is 2.25. The van der Waals surface area contributed by atoms with Gasteiger partial charge in [-0.25, -0.2) is 9.97 Å². The molecule has 0 unspecified atom stereocenters. The number of halogens is 2. The zero-order valence-corrected chi connectivity index (χ0v) is 13.4. The van der Waals surface area contributed by atoms with Crippen LogP contribution >= 0.6 is 35.0 Å². The Hall–Kier alpha value is -1.76. The Kier molecular flexibility index (Phi) is 4.52. The van der Waals surface area contributed by atoms with E-state index >= 15 is 0 Å². The summed E-state index contributed by atoms with van der Waals surface area (Å²) in [7, 11) is 0. The zero-order chi connectivity index (χ0) is 15.5. The van der Waals surface area contributed by atoms with Crippen molar-refractivity contribution in [1.29, 1.82) is 0 Å². The van der Waals surface area contributed by atoms with Crippen LogP contribution in [0.3, 0.4) is 0 Å². The Morgan fingerprint density at radius 1 is 1.32 bits per heavy atom. The number of benzene rings is 1. The van der Waals surface area contributed by atoms with Crippen LogP contribution in [-0.2, 0) is 4.79 Å². The first-order chi connectivity index (χ1) is 10.6. The maximum atomic E-state index is 11.9. The van der Waals surface area contributed by atoms with Crippen molar-refractivity contribution in [2.45, 2.75) is 5.22 Å². The molecule has 0 aliphatic carbocycles. The average molecular weight is 354 g/mol. The van der Waals surface area contributed by atoms with Crippen molar-refractivity contribution in [2.24, 2.45) is 0 Å². The molecular weight excluding hydrogens is 345 g/mol. The lowest BCUT2D eigenvalue weighted by Crippen LogP contribution is -2.15. The van der Waals surface area contributed by atoms with Gasteiger partial charge in [-0.1, -0.05) is 47.1 Å². The van der Waals surface area contributed by atoms with E-state index in [0.29, 0.717) is 15.8 Å². The molecule has 0 aliphatic heterocycles.